The Morgan fingerprint density at radius 2 is 2.18 bits per heavy atom. The van der Waals surface area contributed by atoms with Gasteiger partial charge in [-0.1, -0.05) is 19.4 Å². The molecule has 0 saturated heterocycles. The van der Waals surface area contributed by atoms with Crippen LogP contribution in [0.4, 0.5) is 4.79 Å². The lowest BCUT2D eigenvalue weighted by Gasteiger charge is -2.26. The normalized spacial score (nSPS) is 14.8. The number of benzene rings is 1. The first-order valence-corrected chi connectivity index (χ1v) is 8.29. The number of carbonyl (C=O) groups excluding carboxylic acids is 1. The van der Waals surface area contributed by atoms with E-state index in [0.29, 0.717) is 12.6 Å². The zero-order chi connectivity index (χ0) is 15.4. The van der Waals surface area contributed by atoms with Crippen LogP contribution in [-0.4, -0.2) is 18.6 Å². The monoisotopic (exact) mass is 300 g/mol. The minimum Gasteiger partial charge on any atom is -0.464 e. The number of carbonyl (C=O) groups is 1. The van der Waals surface area contributed by atoms with E-state index in [1.807, 2.05) is 12.3 Å². The zero-order valence-corrected chi connectivity index (χ0v) is 13.2. The fourth-order valence-corrected chi connectivity index (χ4v) is 2.87. The van der Waals surface area contributed by atoms with Crippen molar-refractivity contribution in [3.8, 4) is 0 Å². The maximum absolute atomic E-state index is 11.7. The number of furan rings is 1. The van der Waals surface area contributed by atoms with Crippen molar-refractivity contribution in [2.75, 3.05) is 6.54 Å². The van der Waals surface area contributed by atoms with Crippen LogP contribution >= 0.6 is 0 Å². The topological polar surface area (TPSA) is 54.3 Å². The van der Waals surface area contributed by atoms with Gasteiger partial charge < -0.3 is 15.1 Å². The molecule has 4 nitrogen and oxygen atoms in total. The number of urea groups is 1. The van der Waals surface area contributed by atoms with Crippen molar-refractivity contribution >= 4 is 17.0 Å². The molecule has 1 aromatic heterocycles. The van der Waals surface area contributed by atoms with E-state index < -0.39 is 0 Å². The highest BCUT2D eigenvalue weighted by Crippen LogP contribution is 2.23. The maximum atomic E-state index is 11.7. The van der Waals surface area contributed by atoms with Crippen molar-refractivity contribution in [1.82, 2.24) is 10.6 Å². The van der Waals surface area contributed by atoms with Gasteiger partial charge in [0.05, 0.1) is 6.26 Å². The van der Waals surface area contributed by atoms with Crippen LogP contribution in [-0.2, 0) is 12.8 Å². The molecular formula is C18H24N2O2. The lowest BCUT2D eigenvalue weighted by atomic mass is 9.93. The molecule has 0 radical (unpaired) electrons. The molecule has 1 aliphatic rings. The number of aryl methyl sites for hydroxylation is 1. The third-order valence-corrected chi connectivity index (χ3v) is 4.38. The second-order valence-corrected chi connectivity index (χ2v) is 6.12. The second-order valence-electron chi connectivity index (χ2n) is 6.12. The van der Waals surface area contributed by atoms with E-state index in [2.05, 4.69) is 29.7 Å². The summed E-state index contributed by atoms with van der Waals surface area (Å²) in [5, 5.41) is 7.09. The SMILES string of the molecule is CCCc1ccc2occ(CCNC(=O)NC3CCC3)c2c1. The highest BCUT2D eigenvalue weighted by Gasteiger charge is 2.18. The van der Waals surface area contributed by atoms with Crippen molar-refractivity contribution in [3.63, 3.8) is 0 Å². The Bertz CT molecular complexity index is 644. The summed E-state index contributed by atoms with van der Waals surface area (Å²) in [7, 11) is 0. The summed E-state index contributed by atoms with van der Waals surface area (Å²) in [6.07, 6.45) is 8.28. The number of hydrogen-bond acceptors (Lipinski definition) is 2. The summed E-state index contributed by atoms with van der Waals surface area (Å²) in [4.78, 5) is 11.7. The Balaban J connectivity index is 1.56. The van der Waals surface area contributed by atoms with E-state index in [9.17, 15) is 4.79 Å². The van der Waals surface area contributed by atoms with Crippen LogP contribution in [0, 0.1) is 0 Å². The minimum atomic E-state index is -0.0517. The van der Waals surface area contributed by atoms with Crippen molar-refractivity contribution in [2.45, 2.75) is 51.5 Å². The molecule has 118 valence electrons. The Kier molecular flexibility index (Phi) is 4.66. The first-order valence-electron chi connectivity index (χ1n) is 8.29. The lowest BCUT2D eigenvalue weighted by Crippen LogP contribution is -2.45. The van der Waals surface area contributed by atoms with Crippen LogP contribution in [0.15, 0.2) is 28.9 Å². The summed E-state index contributed by atoms with van der Waals surface area (Å²) in [6, 6.07) is 6.71. The van der Waals surface area contributed by atoms with Gasteiger partial charge in [-0.05, 0) is 55.4 Å². The zero-order valence-electron chi connectivity index (χ0n) is 13.2. The molecule has 1 aromatic carbocycles. The first-order chi connectivity index (χ1) is 10.8. The fraction of sp³-hybridized carbons (Fsp3) is 0.500. The van der Waals surface area contributed by atoms with E-state index in [1.165, 1.54) is 17.4 Å². The van der Waals surface area contributed by atoms with Gasteiger partial charge in [-0.25, -0.2) is 4.79 Å². The molecule has 0 aliphatic heterocycles. The van der Waals surface area contributed by atoms with Crippen molar-refractivity contribution in [1.29, 1.82) is 0 Å². The number of rotatable bonds is 6. The van der Waals surface area contributed by atoms with Crippen LogP contribution < -0.4 is 10.6 Å². The van der Waals surface area contributed by atoms with Crippen molar-refractivity contribution in [3.05, 3.63) is 35.6 Å². The predicted octanol–water partition coefficient (Wildman–Crippen LogP) is 3.78. The van der Waals surface area contributed by atoms with Gasteiger partial charge in [0.2, 0.25) is 0 Å². The van der Waals surface area contributed by atoms with Crippen molar-refractivity contribution < 1.29 is 9.21 Å². The summed E-state index contributed by atoms with van der Waals surface area (Å²) in [5.74, 6) is 0. The van der Waals surface area contributed by atoms with Crippen LogP contribution in [0.5, 0.6) is 0 Å². The van der Waals surface area contributed by atoms with Crippen LogP contribution in [0.1, 0.15) is 43.7 Å². The number of nitrogens with one attached hydrogen (secondary N) is 2. The van der Waals surface area contributed by atoms with E-state index in [4.69, 9.17) is 4.42 Å². The molecule has 1 saturated carbocycles. The van der Waals surface area contributed by atoms with Gasteiger partial charge in [0, 0.05) is 18.0 Å². The Hall–Kier alpha value is -1.97. The van der Waals surface area contributed by atoms with E-state index >= 15 is 0 Å². The quantitative estimate of drug-likeness (QED) is 0.853. The highest BCUT2D eigenvalue weighted by molar-refractivity contribution is 5.82. The Morgan fingerprint density at radius 3 is 2.91 bits per heavy atom. The Morgan fingerprint density at radius 1 is 1.32 bits per heavy atom. The third kappa shape index (κ3) is 3.43. The minimum absolute atomic E-state index is 0.0517. The molecule has 1 heterocycles. The van der Waals surface area contributed by atoms with E-state index in [0.717, 1.165) is 43.3 Å². The molecule has 1 fully saturated rings. The molecule has 1 aliphatic carbocycles. The standard InChI is InChI=1S/C18H24N2O2/c1-2-4-13-7-8-17-16(11-13)14(12-22-17)9-10-19-18(21)20-15-5-3-6-15/h7-8,11-12,15H,2-6,9-10H2,1H3,(H2,19,20,21). The second kappa shape index (κ2) is 6.86. The molecular weight excluding hydrogens is 276 g/mol. The van der Waals surface area contributed by atoms with E-state index in [1.54, 1.807) is 0 Å². The van der Waals surface area contributed by atoms with Gasteiger partial charge >= 0.3 is 6.03 Å². The number of hydrogen-bond donors (Lipinski definition) is 2. The summed E-state index contributed by atoms with van der Waals surface area (Å²) in [5.41, 5.74) is 3.43. The van der Waals surface area contributed by atoms with E-state index in [-0.39, 0.29) is 6.03 Å². The van der Waals surface area contributed by atoms with Crippen LogP contribution in [0.2, 0.25) is 0 Å². The van der Waals surface area contributed by atoms with Crippen molar-refractivity contribution in [2.24, 2.45) is 0 Å². The molecule has 0 atom stereocenters. The molecule has 3 rings (SSSR count). The molecule has 2 amide bonds. The van der Waals surface area contributed by atoms with Gasteiger partial charge in [-0.2, -0.15) is 0 Å². The molecule has 2 aromatic rings. The van der Waals surface area contributed by atoms with Gasteiger partial charge in [0.25, 0.3) is 0 Å². The predicted molar refractivity (Wildman–Crippen MR) is 88.1 cm³/mol. The summed E-state index contributed by atoms with van der Waals surface area (Å²) < 4.78 is 5.60. The average molecular weight is 300 g/mol. The fourth-order valence-electron chi connectivity index (χ4n) is 2.87. The largest absolute Gasteiger partial charge is 0.464 e. The average Bonchev–Trinajstić information content (AvgIpc) is 2.86. The molecule has 0 bridgehead atoms. The Labute approximate surface area is 131 Å². The van der Waals surface area contributed by atoms with Gasteiger partial charge in [-0.15, -0.1) is 0 Å². The highest BCUT2D eigenvalue weighted by atomic mass is 16.3. The number of fused-ring (bicyclic) bond motifs is 1. The van der Waals surface area contributed by atoms with Gasteiger partial charge in [-0.3, -0.25) is 0 Å². The third-order valence-electron chi connectivity index (χ3n) is 4.38. The summed E-state index contributed by atoms with van der Waals surface area (Å²) >= 11 is 0. The number of amides is 2. The molecule has 0 spiro atoms. The van der Waals surface area contributed by atoms with Crippen LogP contribution in [0.3, 0.4) is 0 Å². The molecule has 22 heavy (non-hydrogen) atoms. The maximum Gasteiger partial charge on any atom is 0.315 e. The molecule has 2 N–H and O–H groups in total. The lowest BCUT2D eigenvalue weighted by molar-refractivity contribution is 0.228. The van der Waals surface area contributed by atoms with Gasteiger partial charge in [0.1, 0.15) is 5.58 Å². The summed E-state index contributed by atoms with van der Waals surface area (Å²) in [6.45, 7) is 2.82. The molecule has 4 heteroatoms. The first kappa shape index (κ1) is 14.9. The van der Waals surface area contributed by atoms with Gasteiger partial charge in [0.15, 0.2) is 0 Å². The smallest absolute Gasteiger partial charge is 0.315 e. The van der Waals surface area contributed by atoms with Crippen LogP contribution in [0.25, 0.3) is 11.0 Å². The molecule has 0 unspecified atom stereocenters.